The lowest BCUT2D eigenvalue weighted by atomic mass is 9.79. The molecule has 0 amide bonds. The zero-order valence-electron chi connectivity index (χ0n) is 16.7. The van der Waals surface area contributed by atoms with Crippen molar-refractivity contribution in [3.8, 4) is 17.0 Å². The second-order valence-electron chi connectivity index (χ2n) is 9.12. The summed E-state index contributed by atoms with van der Waals surface area (Å²) in [4.78, 5) is 0. The van der Waals surface area contributed by atoms with E-state index in [1.54, 1.807) is 0 Å². The summed E-state index contributed by atoms with van der Waals surface area (Å²) in [7, 11) is 0. The van der Waals surface area contributed by atoms with Gasteiger partial charge < -0.3 is 5.11 Å². The van der Waals surface area contributed by atoms with E-state index in [1.807, 2.05) is 11.6 Å². The molecule has 2 aromatic rings. The van der Waals surface area contributed by atoms with Crippen molar-refractivity contribution < 1.29 is 5.11 Å². The molecule has 1 aromatic heterocycles. The second kappa shape index (κ2) is 5.94. The highest BCUT2D eigenvalue weighted by Crippen LogP contribution is 2.38. The van der Waals surface area contributed by atoms with Crippen molar-refractivity contribution in [2.75, 3.05) is 0 Å². The Kier molecular flexibility index (Phi) is 4.60. The van der Waals surface area contributed by atoms with E-state index in [1.165, 1.54) is 11.1 Å². The highest BCUT2D eigenvalue weighted by atomic mass is 16.3. The fraction of sp³-hybridized carbons (Fsp3) is 0.571. The van der Waals surface area contributed by atoms with Gasteiger partial charge in [-0.25, -0.2) is 0 Å². The van der Waals surface area contributed by atoms with Gasteiger partial charge in [-0.2, -0.15) is 5.10 Å². The summed E-state index contributed by atoms with van der Waals surface area (Å²) >= 11 is 0. The van der Waals surface area contributed by atoms with Crippen molar-refractivity contribution in [1.29, 1.82) is 0 Å². The molecule has 0 aliphatic rings. The fourth-order valence-corrected chi connectivity index (χ4v) is 2.84. The van der Waals surface area contributed by atoms with Gasteiger partial charge in [0.2, 0.25) is 0 Å². The maximum Gasteiger partial charge on any atom is 0.164 e. The van der Waals surface area contributed by atoms with E-state index in [-0.39, 0.29) is 22.6 Å². The third-order valence-electron chi connectivity index (χ3n) is 4.55. The van der Waals surface area contributed by atoms with E-state index >= 15 is 0 Å². The third kappa shape index (κ3) is 3.50. The number of nitrogens with zero attached hydrogens (tertiary/aromatic N) is 2. The molecule has 0 atom stereocenters. The summed E-state index contributed by atoms with van der Waals surface area (Å²) in [6, 6.07) is 6.84. The quantitative estimate of drug-likeness (QED) is 0.763. The Hall–Kier alpha value is -1.77. The minimum absolute atomic E-state index is 0.0429. The number of rotatable bonds is 2. The van der Waals surface area contributed by atoms with Crippen molar-refractivity contribution in [1.82, 2.24) is 9.78 Å². The molecule has 2 rings (SSSR count). The van der Waals surface area contributed by atoms with Gasteiger partial charge in [0.25, 0.3) is 0 Å². The molecule has 0 fully saturated rings. The third-order valence-corrected chi connectivity index (χ3v) is 4.55. The zero-order valence-corrected chi connectivity index (χ0v) is 16.7. The summed E-state index contributed by atoms with van der Waals surface area (Å²) in [6.07, 6.45) is 0. The Labute approximate surface area is 146 Å². The van der Waals surface area contributed by atoms with Crippen LogP contribution in [0, 0.1) is 6.92 Å². The molecule has 0 saturated heterocycles. The Morgan fingerprint density at radius 3 is 1.71 bits per heavy atom. The molecular weight excluding hydrogens is 296 g/mol. The molecule has 0 spiro atoms. The smallest absolute Gasteiger partial charge is 0.164 e. The van der Waals surface area contributed by atoms with Crippen LogP contribution in [-0.2, 0) is 10.8 Å². The van der Waals surface area contributed by atoms with Gasteiger partial charge in [-0.15, -0.1) is 0 Å². The van der Waals surface area contributed by atoms with Crippen molar-refractivity contribution >= 4 is 0 Å². The van der Waals surface area contributed by atoms with Gasteiger partial charge in [-0.3, -0.25) is 4.68 Å². The van der Waals surface area contributed by atoms with Crippen LogP contribution in [0.3, 0.4) is 0 Å². The van der Waals surface area contributed by atoms with Gasteiger partial charge in [0.15, 0.2) is 5.75 Å². The molecule has 3 nitrogen and oxygen atoms in total. The van der Waals surface area contributed by atoms with Crippen LogP contribution in [0.2, 0.25) is 0 Å². The van der Waals surface area contributed by atoms with Gasteiger partial charge >= 0.3 is 0 Å². The maximum absolute atomic E-state index is 10.6. The van der Waals surface area contributed by atoms with Crippen LogP contribution in [0.1, 0.15) is 78.3 Å². The van der Waals surface area contributed by atoms with Crippen LogP contribution in [-0.4, -0.2) is 14.9 Å². The monoisotopic (exact) mass is 328 g/mol. The van der Waals surface area contributed by atoms with Crippen LogP contribution in [0.5, 0.6) is 5.75 Å². The molecule has 0 bridgehead atoms. The van der Waals surface area contributed by atoms with E-state index in [2.05, 4.69) is 73.6 Å². The Balaban J connectivity index is 2.73. The summed E-state index contributed by atoms with van der Waals surface area (Å²) in [5, 5.41) is 15.3. The van der Waals surface area contributed by atoms with Gasteiger partial charge in [0.05, 0.1) is 5.69 Å². The van der Waals surface area contributed by atoms with E-state index in [0.29, 0.717) is 5.69 Å². The molecule has 3 heteroatoms. The number of hydrogen-bond acceptors (Lipinski definition) is 2. The van der Waals surface area contributed by atoms with Crippen molar-refractivity contribution in [3.05, 3.63) is 35.0 Å². The second-order valence-corrected chi connectivity index (χ2v) is 9.12. The molecule has 132 valence electrons. The molecule has 24 heavy (non-hydrogen) atoms. The first-order valence-electron chi connectivity index (χ1n) is 8.77. The highest BCUT2D eigenvalue weighted by Gasteiger charge is 2.24. The van der Waals surface area contributed by atoms with Crippen molar-refractivity contribution in [3.63, 3.8) is 0 Å². The molecule has 0 aliphatic heterocycles. The minimum Gasteiger partial charge on any atom is -0.504 e. The predicted molar refractivity (Wildman–Crippen MR) is 102 cm³/mol. The highest BCUT2D eigenvalue weighted by molar-refractivity contribution is 5.69. The van der Waals surface area contributed by atoms with Gasteiger partial charge in [0.1, 0.15) is 5.69 Å². The average molecular weight is 328 g/mol. The van der Waals surface area contributed by atoms with Crippen LogP contribution < -0.4 is 0 Å². The largest absolute Gasteiger partial charge is 0.504 e. The number of aromatic nitrogens is 2. The number of hydrogen-bond donors (Lipinski definition) is 1. The Morgan fingerprint density at radius 1 is 0.917 bits per heavy atom. The molecule has 0 radical (unpaired) electrons. The Morgan fingerprint density at radius 2 is 1.38 bits per heavy atom. The van der Waals surface area contributed by atoms with Gasteiger partial charge in [-0.05, 0) is 54.9 Å². The SMILES string of the molecule is Cc1c(O)c(-c2cc(C(C)(C)C)cc(C(C)(C)C)c2)nn1C(C)C. The average Bonchev–Trinajstić information content (AvgIpc) is 2.73. The van der Waals surface area contributed by atoms with Crippen LogP contribution in [0.15, 0.2) is 18.2 Å². The van der Waals surface area contributed by atoms with E-state index in [4.69, 9.17) is 5.10 Å². The summed E-state index contributed by atoms with van der Waals surface area (Å²) in [5.74, 6) is 0.287. The predicted octanol–water partition coefficient (Wildman–Crippen LogP) is 5.74. The van der Waals surface area contributed by atoms with Crippen molar-refractivity contribution in [2.24, 2.45) is 0 Å². The summed E-state index contributed by atoms with van der Waals surface area (Å²) < 4.78 is 1.89. The first-order chi connectivity index (χ1) is 10.8. The first-order valence-corrected chi connectivity index (χ1v) is 8.77. The molecule has 1 heterocycles. The van der Waals surface area contributed by atoms with E-state index in [9.17, 15) is 5.11 Å². The molecule has 1 aromatic carbocycles. The Bertz CT molecular complexity index is 708. The van der Waals surface area contributed by atoms with E-state index < -0.39 is 0 Å². The normalized spacial score (nSPS) is 12.9. The lowest BCUT2D eigenvalue weighted by Crippen LogP contribution is -2.16. The first kappa shape index (κ1) is 18.6. The van der Waals surface area contributed by atoms with Crippen LogP contribution >= 0.6 is 0 Å². The minimum atomic E-state index is 0.0429. The fourth-order valence-electron chi connectivity index (χ4n) is 2.84. The molecule has 1 N–H and O–H groups in total. The summed E-state index contributed by atoms with van der Waals surface area (Å²) in [5.41, 5.74) is 5.11. The number of aromatic hydroxyl groups is 1. The van der Waals surface area contributed by atoms with Crippen LogP contribution in [0.25, 0.3) is 11.3 Å². The lowest BCUT2D eigenvalue weighted by Gasteiger charge is -2.26. The molecular formula is C21H32N2O. The number of benzene rings is 1. The van der Waals surface area contributed by atoms with Crippen molar-refractivity contribution in [2.45, 2.75) is 79.2 Å². The van der Waals surface area contributed by atoms with Gasteiger partial charge in [0, 0.05) is 11.6 Å². The topological polar surface area (TPSA) is 38.1 Å². The maximum atomic E-state index is 10.6. The van der Waals surface area contributed by atoms with E-state index in [0.717, 1.165) is 11.3 Å². The molecule has 0 aliphatic carbocycles. The zero-order chi connectivity index (χ0) is 18.4. The standard InChI is InChI=1S/C21H32N2O/c1-13(2)23-14(3)19(24)18(22-23)15-10-16(20(4,5)6)12-17(11-15)21(7,8)9/h10-13,24H,1-9H3. The molecule has 0 unspecified atom stereocenters. The van der Waals surface area contributed by atoms with Gasteiger partial charge in [-0.1, -0.05) is 47.6 Å². The molecule has 0 saturated carbocycles. The lowest BCUT2D eigenvalue weighted by molar-refractivity contribution is 0.461. The van der Waals surface area contributed by atoms with Crippen LogP contribution in [0.4, 0.5) is 0 Å². The summed E-state index contributed by atoms with van der Waals surface area (Å²) in [6.45, 7) is 19.4.